The first-order valence-corrected chi connectivity index (χ1v) is 13.1. The van der Waals surface area contributed by atoms with E-state index in [9.17, 15) is 18.0 Å². The van der Waals surface area contributed by atoms with Gasteiger partial charge in [0.05, 0.1) is 16.3 Å². The second kappa shape index (κ2) is 10.7. The normalized spacial score (nSPS) is 11.5. The van der Waals surface area contributed by atoms with Crippen LogP contribution in [-0.2, 0) is 21.2 Å². The topological polar surface area (TPSA) is 103 Å². The fourth-order valence-electron chi connectivity index (χ4n) is 3.73. The minimum atomic E-state index is -3.75. The van der Waals surface area contributed by atoms with Gasteiger partial charge in [-0.2, -0.15) is 0 Å². The van der Waals surface area contributed by atoms with E-state index in [1.165, 1.54) is 18.2 Å². The first kappa shape index (κ1) is 25.6. The van der Waals surface area contributed by atoms with Gasteiger partial charge in [-0.15, -0.1) is 0 Å². The van der Waals surface area contributed by atoms with Crippen LogP contribution in [0.15, 0.2) is 80.8 Å². The molecule has 0 bridgehead atoms. The van der Waals surface area contributed by atoms with Crippen molar-refractivity contribution in [1.82, 2.24) is 4.72 Å². The van der Waals surface area contributed by atoms with Gasteiger partial charge in [0.15, 0.2) is 5.75 Å². The highest BCUT2D eigenvalue weighted by molar-refractivity contribution is 7.89. The molecule has 36 heavy (non-hydrogen) atoms. The zero-order chi connectivity index (χ0) is 25.9. The number of hydrogen-bond donors (Lipinski definition) is 1. The Morgan fingerprint density at radius 2 is 1.72 bits per heavy atom. The molecule has 1 aromatic heterocycles. The molecular weight excluding hydrogens is 502 g/mol. The van der Waals surface area contributed by atoms with Gasteiger partial charge in [0.1, 0.15) is 5.58 Å². The molecule has 0 unspecified atom stereocenters. The molecule has 3 aromatic carbocycles. The molecule has 0 spiro atoms. The van der Waals surface area contributed by atoms with Crippen molar-refractivity contribution in [2.24, 2.45) is 0 Å². The van der Waals surface area contributed by atoms with E-state index in [0.717, 1.165) is 16.7 Å². The lowest BCUT2D eigenvalue weighted by atomic mass is 9.99. The highest BCUT2D eigenvalue weighted by Crippen LogP contribution is 2.32. The number of rotatable bonds is 8. The van der Waals surface area contributed by atoms with E-state index in [1.54, 1.807) is 18.2 Å². The van der Waals surface area contributed by atoms with Gasteiger partial charge in [0, 0.05) is 30.0 Å². The lowest BCUT2D eigenvalue weighted by Gasteiger charge is -2.11. The van der Waals surface area contributed by atoms with Gasteiger partial charge in [0.25, 0.3) is 0 Å². The van der Waals surface area contributed by atoms with E-state index in [-0.39, 0.29) is 34.2 Å². The van der Waals surface area contributed by atoms with Gasteiger partial charge >= 0.3 is 11.6 Å². The Hall–Kier alpha value is -3.46. The minimum Gasteiger partial charge on any atom is -0.425 e. The van der Waals surface area contributed by atoms with Crippen molar-refractivity contribution in [3.8, 4) is 5.75 Å². The summed E-state index contributed by atoms with van der Waals surface area (Å²) in [4.78, 5) is 25.1. The minimum absolute atomic E-state index is 0.0221. The van der Waals surface area contributed by atoms with Crippen LogP contribution in [0.3, 0.4) is 0 Å². The first-order valence-electron chi connectivity index (χ1n) is 11.2. The fourth-order valence-corrected chi connectivity index (χ4v) is 4.97. The molecule has 0 aliphatic carbocycles. The maximum absolute atomic E-state index is 12.7. The van der Waals surface area contributed by atoms with Crippen molar-refractivity contribution in [2.75, 3.05) is 6.54 Å². The van der Waals surface area contributed by atoms with Crippen LogP contribution in [0.25, 0.3) is 11.0 Å². The van der Waals surface area contributed by atoms with Gasteiger partial charge in [-0.3, -0.25) is 4.79 Å². The molecular formula is C27H24ClNO6S. The van der Waals surface area contributed by atoms with Crippen LogP contribution < -0.4 is 15.1 Å². The number of nitrogens with one attached hydrogen (secondary N) is 1. The predicted octanol–water partition coefficient (Wildman–Crippen LogP) is 4.93. The summed E-state index contributed by atoms with van der Waals surface area (Å²) in [6.07, 6.45) is 0.191. The number of esters is 1. The summed E-state index contributed by atoms with van der Waals surface area (Å²) in [5, 5.41) is 0.801. The van der Waals surface area contributed by atoms with Crippen LogP contribution in [0.2, 0.25) is 5.02 Å². The zero-order valence-corrected chi connectivity index (χ0v) is 21.3. The van der Waals surface area contributed by atoms with Gasteiger partial charge in [0.2, 0.25) is 10.0 Å². The predicted molar refractivity (Wildman–Crippen MR) is 138 cm³/mol. The van der Waals surface area contributed by atoms with Crippen molar-refractivity contribution in [2.45, 2.75) is 31.6 Å². The van der Waals surface area contributed by atoms with Crippen LogP contribution >= 0.6 is 11.6 Å². The lowest BCUT2D eigenvalue weighted by Crippen LogP contribution is -2.27. The molecule has 4 rings (SSSR count). The van der Waals surface area contributed by atoms with Crippen molar-refractivity contribution < 1.29 is 22.4 Å². The summed E-state index contributed by atoms with van der Waals surface area (Å²) >= 11 is 6.36. The number of carbonyl (C=O) groups excluding carboxylic acids is 1. The average Bonchev–Trinajstić information content (AvgIpc) is 2.84. The molecule has 1 heterocycles. The van der Waals surface area contributed by atoms with Crippen LogP contribution in [-0.4, -0.2) is 20.9 Å². The van der Waals surface area contributed by atoms with Gasteiger partial charge < -0.3 is 9.15 Å². The summed E-state index contributed by atoms with van der Waals surface area (Å²) < 4.78 is 37.9. The summed E-state index contributed by atoms with van der Waals surface area (Å²) in [5.41, 5.74) is 2.92. The van der Waals surface area contributed by atoms with E-state index >= 15 is 0 Å². The third kappa shape index (κ3) is 5.84. The van der Waals surface area contributed by atoms with Crippen molar-refractivity contribution >= 4 is 38.6 Å². The summed E-state index contributed by atoms with van der Waals surface area (Å²) in [6, 6.07) is 18.9. The molecule has 0 atom stereocenters. The first-order chi connectivity index (χ1) is 17.1. The molecule has 0 saturated carbocycles. The monoisotopic (exact) mass is 525 g/mol. The Morgan fingerprint density at radius 3 is 2.42 bits per heavy atom. The second-order valence-corrected chi connectivity index (χ2v) is 10.5. The second-order valence-electron chi connectivity index (χ2n) is 8.37. The van der Waals surface area contributed by atoms with Crippen molar-refractivity contribution in [3.63, 3.8) is 0 Å². The Labute approximate surface area is 213 Å². The molecule has 0 amide bonds. The lowest BCUT2D eigenvalue weighted by molar-refractivity contribution is -0.134. The summed E-state index contributed by atoms with van der Waals surface area (Å²) in [5.74, 6) is -0.670. The molecule has 0 saturated heterocycles. The number of carbonyl (C=O) groups is 1. The number of benzene rings is 3. The molecule has 0 aliphatic rings. The average molecular weight is 526 g/mol. The number of halogens is 1. The highest BCUT2D eigenvalue weighted by atomic mass is 35.5. The van der Waals surface area contributed by atoms with Crippen LogP contribution in [0.1, 0.15) is 28.7 Å². The van der Waals surface area contributed by atoms with Crippen LogP contribution in [0.5, 0.6) is 5.75 Å². The molecule has 186 valence electrons. The maximum atomic E-state index is 12.7. The van der Waals surface area contributed by atoms with Crippen LogP contribution in [0.4, 0.5) is 0 Å². The summed E-state index contributed by atoms with van der Waals surface area (Å²) in [6.45, 7) is 3.52. The Morgan fingerprint density at radius 1 is 1.03 bits per heavy atom. The summed E-state index contributed by atoms with van der Waals surface area (Å²) in [7, 11) is -3.75. The number of hydrogen-bond acceptors (Lipinski definition) is 6. The third-order valence-corrected chi connectivity index (χ3v) is 7.51. The largest absolute Gasteiger partial charge is 0.425 e. The molecule has 0 fully saturated rings. The smallest absolute Gasteiger partial charge is 0.340 e. The van der Waals surface area contributed by atoms with Crippen molar-refractivity contribution in [1.29, 1.82) is 0 Å². The quantitative estimate of drug-likeness (QED) is 0.199. The van der Waals surface area contributed by atoms with Gasteiger partial charge in [-0.25, -0.2) is 17.9 Å². The molecule has 1 N–H and O–H groups in total. The Kier molecular flexibility index (Phi) is 7.59. The van der Waals surface area contributed by atoms with Crippen LogP contribution in [0, 0.1) is 13.8 Å². The van der Waals surface area contributed by atoms with E-state index in [1.807, 2.05) is 44.2 Å². The zero-order valence-electron chi connectivity index (χ0n) is 19.7. The van der Waals surface area contributed by atoms with E-state index in [4.69, 9.17) is 20.8 Å². The van der Waals surface area contributed by atoms with Crippen molar-refractivity contribution in [3.05, 3.63) is 104 Å². The Balaban J connectivity index is 1.46. The highest BCUT2D eigenvalue weighted by Gasteiger charge is 2.18. The molecule has 0 aliphatic heterocycles. The number of fused-ring (bicyclic) bond motifs is 1. The van der Waals surface area contributed by atoms with E-state index in [0.29, 0.717) is 17.4 Å². The molecule has 0 radical (unpaired) electrons. The number of ether oxygens (including phenoxy) is 1. The van der Waals surface area contributed by atoms with E-state index < -0.39 is 21.6 Å². The molecule has 9 heteroatoms. The fraction of sp³-hybridized carbons (Fsp3) is 0.185. The number of aryl methyl sites for hydroxylation is 2. The SMILES string of the molecule is Cc1ccc(S(=O)(=O)NCCC(=O)Oc2cc3oc(=O)c(Cc4ccccc4)c(C)c3cc2Cl)cc1. The maximum Gasteiger partial charge on any atom is 0.340 e. The molecule has 4 aromatic rings. The third-order valence-electron chi connectivity index (χ3n) is 5.74. The number of sulfonamides is 1. The van der Waals surface area contributed by atoms with Gasteiger partial charge in [-0.05, 0) is 43.2 Å². The Bertz CT molecular complexity index is 1580. The van der Waals surface area contributed by atoms with Gasteiger partial charge in [-0.1, -0.05) is 59.6 Å². The standard InChI is InChI=1S/C27H24ClNO6S/c1-17-8-10-20(11-9-17)36(32,33)29-13-12-26(30)34-25-16-24-21(15-23(25)28)18(2)22(27(31)35-24)14-19-6-4-3-5-7-19/h3-11,15-16,29H,12-14H2,1-2H3. The molecule has 7 nitrogen and oxygen atoms in total. The van der Waals surface area contributed by atoms with E-state index in [2.05, 4.69) is 4.72 Å².